The van der Waals surface area contributed by atoms with Crippen molar-refractivity contribution in [2.45, 2.75) is 13.5 Å². The summed E-state index contributed by atoms with van der Waals surface area (Å²) >= 11 is 0. The van der Waals surface area contributed by atoms with Gasteiger partial charge in [0.05, 0.1) is 18.3 Å². The van der Waals surface area contributed by atoms with E-state index in [0.29, 0.717) is 40.8 Å². The predicted molar refractivity (Wildman–Crippen MR) is 133 cm³/mol. The number of sulfonamides is 1. The van der Waals surface area contributed by atoms with E-state index in [0.717, 1.165) is 17.5 Å². The van der Waals surface area contributed by atoms with Crippen LogP contribution in [-0.4, -0.2) is 47.6 Å². The minimum atomic E-state index is -3.40. The van der Waals surface area contributed by atoms with E-state index < -0.39 is 10.0 Å². The van der Waals surface area contributed by atoms with Gasteiger partial charge in [-0.05, 0) is 35.9 Å². The van der Waals surface area contributed by atoms with Crippen LogP contribution in [0.3, 0.4) is 0 Å². The Bertz CT molecular complexity index is 1450. The zero-order valence-electron chi connectivity index (χ0n) is 18.8. The van der Waals surface area contributed by atoms with Gasteiger partial charge in [-0.2, -0.15) is 9.97 Å². The third-order valence-corrected chi connectivity index (χ3v) is 5.54. The van der Waals surface area contributed by atoms with Crippen LogP contribution in [0.25, 0.3) is 11.2 Å². The highest BCUT2D eigenvalue weighted by Gasteiger charge is 2.12. The smallest absolute Gasteiger partial charge is 0.231 e. The average molecular weight is 481 g/mol. The SMILES string of the molecule is CC(=O)N(C)c1cccc(CNc2nc(Nc3cccc(NS(C)(=O)=O)c3)nc3[nH]cnc23)c1. The molecule has 1 amide bonds. The Morgan fingerprint density at radius 2 is 1.85 bits per heavy atom. The first kappa shape index (κ1) is 23.0. The average Bonchev–Trinajstić information content (AvgIpc) is 3.25. The summed E-state index contributed by atoms with van der Waals surface area (Å²) in [4.78, 5) is 29.5. The van der Waals surface area contributed by atoms with Crippen molar-refractivity contribution in [2.24, 2.45) is 0 Å². The van der Waals surface area contributed by atoms with Gasteiger partial charge in [0.25, 0.3) is 0 Å². The lowest BCUT2D eigenvalue weighted by Gasteiger charge is -2.16. The van der Waals surface area contributed by atoms with Gasteiger partial charge in [-0.1, -0.05) is 18.2 Å². The van der Waals surface area contributed by atoms with Crippen LogP contribution in [0.1, 0.15) is 12.5 Å². The summed E-state index contributed by atoms with van der Waals surface area (Å²) in [7, 11) is -1.67. The first-order valence-electron chi connectivity index (χ1n) is 10.3. The molecule has 0 fully saturated rings. The molecule has 0 aliphatic carbocycles. The number of imidazole rings is 1. The lowest BCUT2D eigenvalue weighted by Crippen LogP contribution is -2.22. The molecule has 2 aromatic carbocycles. The van der Waals surface area contributed by atoms with E-state index >= 15 is 0 Å². The Labute approximate surface area is 196 Å². The first-order chi connectivity index (χ1) is 16.2. The van der Waals surface area contributed by atoms with Crippen molar-refractivity contribution < 1.29 is 13.2 Å². The van der Waals surface area contributed by atoms with Crippen molar-refractivity contribution in [2.75, 3.05) is 33.6 Å². The third-order valence-electron chi connectivity index (χ3n) is 4.93. The Morgan fingerprint density at radius 1 is 1.09 bits per heavy atom. The maximum Gasteiger partial charge on any atom is 0.231 e. The molecule has 0 aliphatic rings. The second kappa shape index (κ2) is 9.35. The number of aromatic nitrogens is 4. The lowest BCUT2D eigenvalue weighted by atomic mass is 10.2. The first-order valence-corrected chi connectivity index (χ1v) is 12.2. The molecule has 4 aromatic rings. The molecule has 0 atom stereocenters. The van der Waals surface area contributed by atoms with Crippen LogP contribution in [0.4, 0.5) is 28.8 Å². The van der Waals surface area contributed by atoms with Gasteiger partial charge in [0, 0.05) is 31.9 Å². The number of nitrogens with zero attached hydrogens (tertiary/aromatic N) is 4. The number of H-pyrrole nitrogens is 1. The van der Waals surface area contributed by atoms with E-state index in [4.69, 9.17) is 0 Å². The summed E-state index contributed by atoms with van der Waals surface area (Å²) in [5.74, 6) is 0.774. The van der Waals surface area contributed by atoms with Crippen LogP contribution < -0.4 is 20.3 Å². The molecule has 176 valence electrons. The van der Waals surface area contributed by atoms with Crippen LogP contribution in [0, 0.1) is 0 Å². The lowest BCUT2D eigenvalue weighted by molar-refractivity contribution is -0.116. The molecule has 11 nitrogen and oxygen atoms in total. The summed E-state index contributed by atoms with van der Waals surface area (Å²) in [5.41, 5.74) is 3.90. The molecule has 12 heteroatoms. The Hall–Kier alpha value is -4.19. The molecule has 2 aromatic heterocycles. The van der Waals surface area contributed by atoms with Gasteiger partial charge in [0.2, 0.25) is 21.9 Å². The van der Waals surface area contributed by atoms with Crippen LogP contribution >= 0.6 is 0 Å². The van der Waals surface area contributed by atoms with Crippen LogP contribution in [0.2, 0.25) is 0 Å². The number of amides is 1. The number of rotatable bonds is 8. The number of carbonyl (C=O) groups is 1. The second-order valence-electron chi connectivity index (χ2n) is 7.68. The van der Waals surface area contributed by atoms with Gasteiger partial charge in [0.15, 0.2) is 11.5 Å². The van der Waals surface area contributed by atoms with E-state index in [1.165, 1.54) is 13.3 Å². The van der Waals surface area contributed by atoms with E-state index in [-0.39, 0.29) is 5.91 Å². The Morgan fingerprint density at radius 3 is 2.62 bits per heavy atom. The van der Waals surface area contributed by atoms with Gasteiger partial charge < -0.3 is 20.5 Å². The number of fused-ring (bicyclic) bond motifs is 1. The number of nitrogens with one attached hydrogen (secondary N) is 4. The molecule has 0 saturated heterocycles. The van der Waals surface area contributed by atoms with E-state index in [2.05, 4.69) is 35.3 Å². The number of benzene rings is 2. The normalized spacial score (nSPS) is 11.3. The van der Waals surface area contributed by atoms with Crippen LogP contribution in [0.15, 0.2) is 54.9 Å². The van der Waals surface area contributed by atoms with Crippen LogP contribution in [0.5, 0.6) is 0 Å². The second-order valence-corrected chi connectivity index (χ2v) is 9.43. The van der Waals surface area contributed by atoms with Crippen LogP contribution in [-0.2, 0) is 21.4 Å². The minimum absolute atomic E-state index is 0.0503. The van der Waals surface area contributed by atoms with Crippen molar-refractivity contribution in [3.05, 3.63) is 60.4 Å². The maximum absolute atomic E-state index is 11.7. The number of anilines is 5. The molecule has 0 spiro atoms. The van der Waals surface area contributed by atoms with Crippen molar-refractivity contribution >= 4 is 55.9 Å². The molecule has 34 heavy (non-hydrogen) atoms. The number of hydrogen-bond acceptors (Lipinski definition) is 8. The summed E-state index contributed by atoms with van der Waals surface area (Å²) in [6, 6.07) is 14.4. The highest BCUT2D eigenvalue weighted by Crippen LogP contribution is 2.24. The molecule has 0 radical (unpaired) electrons. The van der Waals surface area contributed by atoms with Crippen molar-refractivity contribution in [1.29, 1.82) is 0 Å². The number of aromatic amines is 1. The van der Waals surface area contributed by atoms with Crippen molar-refractivity contribution in [1.82, 2.24) is 19.9 Å². The quantitative estimate of drug-likeness (QED) is 0.301. The van der Waals surface area contributed by atoms with Gasteiger partial charge in [0.1, 0.15) is 5.52 Å². The van der Waals surface area contributed by atoms with Crippen molar-refractivity contribution in [3.8, 4) is 0 Å². The Kier molecular flexibility index (Phi) is 6.32. The largest absolute Gasteiger partial charge is 0.364 e. The van der Waals surface area contributed by atoms with E-state index in [9.17, 15) is 13.2 Å². The fourth-order valence-electron chi connectivity index (χ4n) is 3.26. The van der Waals surface area contributed by atoms with Gasteiger partial charge >= 0.3 is 0 Å². The molecule has 2 heterocycles. The molecule has 4 rings (SSSR count). The van der Waals surface area contributed by atoms with Gasteiger partial charge in [-0.25, -0.2) is 13.4 Å². The Balaban J connectivity index is 1.56. The highest BCUT2D eigenvalue weighted by molar-refractivity contribution is 7.92. The minimum Gasteiger partial charge on any atom is -0.364 e. The summed E-state index contributed by atoms with van der Waals surface area (Å²) in [5, 5.41) is 6.38. The molecular weight excluding hydrogens is 456 g/mol. The maximum atomic E-state index is 11.7. The molecule has 0 saturated carbocycles. The van der Waals surface area contributed by atoms with Crippen molar-refractivity contribution in [3.63, 3.8) is 0 Å². The van der Waals surface area contributed by atoms with Gasteiger partial charge in [-0.3, -0.25) is 9.52 Å². The summed E-state index contributed by atoms with van der Waals surface area (Å²) in [6.45, 7) is 1.97. The van der Waals surface area contributed by atoms with Gasteiger partial charge in [-0.15, -0.1) is 0 Å². The fraction of sp³-hybridized carbons (Fsp3) is 0.182. The molecule has 0 bridgehead atoms. The molecule has 0 aliphatic heterocycles. The fourth-order valence-corrected chi connectivity index (χ4v) is 3.82. The molecule has 4 N–H and O–H groups in total. The predicted octanol–water partition coefficient (Wildman–Crippen LogP) is 3.06. The zero-order chi connectivity index (χ0) is 24.3. The summed E-state index contributed by atoms with van der Waals surface area (Å²) < 4.78 is 25.5. The highest BCUT2D eigenvalue weighted by atomic mass is 32.2. The topological polar surface area (TPSA) is 145 Å². The number of hydrogen-bond donors (Lipinski definition) is 4. The standard InChI is InChI=1S/C22H24N8O3S/c1-14(31)30(2)18-9-4-6-15(10-18)12-23-20-19-21(25-13-24-19)28-22(27-20)26-16-7-5-8-17(11-16)29-34(3,32)33/h4-11,13,29H,12H2,1-3H3,(H3,23,24,25,26,27,28). The molecule has 0 unspecified atom stereocenters. The zero-order valence-corrected chi connectivity index (χ0v) is 19.6. The van der Waals surface area contributed by atoms with E-state index in [1.54, 1.807) is 36.2 Å². The molecular formula is C22H24N8O3S. The third kappa shape index (κ3) is 5.59. The monoisotopic (exact) mass is 480 g/mol. The van der Waals surface area contributed by atoms with E-state index in [1.807, 2.05) is 24.3 Å². The number of carbonyl (C=O) groups excluding carboxylic acids is 1. The summed E-state index contributed by atoms with van der Waals surface area (Å²) in [6.07, 6.45) is 2.63.